The van der Waals surface area contributed by atoms with E-state index in [4.69, 9.17) is 9.47 Å². The Kier molecular flexibility index (Phi) is 6.40. The van der Waals surface area contributed by atoms with E-state index in [-0.39, 0.29) is 0 Å². The number of aryl methyl sites for hydroxylation is 1. The van der Waals surface area contributed by atoms with Gasteiger partial charge in [-0.2, -0.15) is 0 Å². The van der Waals surface area contributed by atoms with Crippen molar-refractivity contribution in [1.82, 2.24) is 20.2 Å². The van der Waals surface area contributed by atoms with Crippen LogP contribution in [0.3, 0.4) is 0 Å². The van der Waals surface area contributed by atoms with Crippen molar-refractivity contribution in [2.45, 2.75) is 26.4 Å². The first kappa shape index (κ1) is 17.3. The Morgan fingerprint density at radius 3 is 2.96 bits per heavy atom. The summed E-state index contributed by atoms with van der Waals surface area (Å²) in [5.41, 5.74) is 1.02. The van der Waals surface area contributed by atoms with Gasteiger partial charge in [0.25, 0.3) is 0 Å². The summed E-state index contributed by atoms with van der Waals surface area (Å²) in [5.74, 6) is 1.96. The minimum atomic E-state index is 0.415. The van der Waals surface area contributed by atoms with Crippen molar-refractivity contribution in [3.63, 3.8) is 0 Å². The van der Waals surface area contributed by atoms with Crippen LogP contribution in [0, 0.1) is 0 Å². The molecule has 0 spiro atoms. The van der Waals surface area contributed by atoms with Crippen LogP contribution in [0.2, 0.25) is 0 Å². The van der Waals surface area contributed by atoms with E-state index in [9.17, 15) is 0 Å². The molecule has 0 atom stereocenters. The molecule has 1 aromatic carbocycles. The molecule has 0 unspecified atom stereocenters. The van der Waals surface area contributed by atoms with Crippen molar-refractivity contribution in [1.29, 1.82) is 0 Å². The van der Waals surface area contributed by atoms with Gasteiger partial charge in [0.2, 0.25) is 5.95 Å². The summed E-state index contributed by atoms with van der Waals surface area (Å²) in [5, 5.41) is 14.9. The molecule has 7 nitrogen and oxygen atoms in total. The topological polar surface area (TPSA) is 74.1 Å². The molecule has 0 bridgehead atoms. The zero-order chi connectivity index (χ0) is 16.7. The molecular weight excluding hydrogens is 362 g/mol. The number of nitrogens with one attached hydrogen (secondary N) is 1. The van der Waals surface area contributed by atoms with Gasteiger partial charge in [0.05, 0.1) is 11.6 Å². The van der Waals surface area contributed by atoms with Crippen LogP contribution in [-0.4, -0.2) is 33.9 Å². The van der Waals surface area contributed by atoms with E-state index in [2.05, 4.69) is 50.3 Å². The third-order valence-corrected chi connectivity index (χ3v) is 3.64. The first-order chi connectivity index (χ1) is 11.2. The molecule has 0 saturated heterocycles. The lowest BCUT2D eigenvalue weighted by Crippen LogP contribution is -2.09. The number of aromatic nitrogens is 4. The molecule has 0 radical (unpaired) electrons. The highest BCUT2D eigenvalue weighted by Gasteiger charge is 2.12. The second-order valence-corrected chi connectivity index (χ2v) is 5.64. The van der Waals surface area contributed by atoms with Crippen LogP contribution in [0.15, 0.2) is 29.3 Å². The number of hydrogen-bond acceptors (Lipinski definition) is 6. The number of nitrogens with zero attached hydrogens (tertiary/aromatic N) is 4. The maximum Gasteiger partial charge on any atom is 0.243 e. The fourth-order valence-corrected chi connectivity index (χ4v) is 2.64. The maximum absolute atomic E-state index is 5.62. The number of halogens is 1. The van der Waals surface area contributed by atoms with Crippen molar-refractivity contribution in [2.75, 3.05) is 19.0 Å². The van der Waals surface area contributed by atoms with Gasteiger partial charge in [0, 0.05) is 13.1 Å². The van der Waals surface area contributed by atoms with Gasteiger partial charge in [-0.25, -0.2) is 4.68 Å². The molecule has 23 heavy (non-hydrogen) atoms. The Bertz CT molecular complexity index is 659. The molecule has 0 fully saturated rings. The molecule has 0 amide bonds. The van der Waals surface area contributed by atoms with Gasteiger partial charge in [-0.1, -0.05) is 24.7 Å². The Labute approximate surface area is 143 Å². The summed E-state index contributed by atoms with van der Waals surface area (Å²) < 4.78 is 13.6. The fraction of sp³-hybridized carbons (Fsp3) is 0.400. The summed E-state index contributed by atoms with van der Waals surface area (Å²) in [6.45, 7) is 7.49. The van der Waals surface area contributed by atoms with Crippen molar-refractivity contribution < 1.29 is 9.47 Å². The quantitative estimate of drug-likeness (QED) is 0.672. The third-order valence-electron chi connectivity index (χ3n) is 3.05. The Morgan fingerprint density at radius 2 is 2.26 bits per heavy atom. The van der Waals surface area contributed by atoms with Gasteiger partial charge in [-0.3, -0.25) is 0 Å². The largest absolute Gasteiger partial charge is 0.493 e. The molecule has 1 N–H and O–H groups in total. The lowest BCUT2D eigenvalue weighted by Gasteiger charge is -2.14. The number of benzene rings is 1. The summed E-state index contributed by atoms with van der Waals surface area (Å²) in [4.78, 5) is 0. The third kappa shape index (κ3) is 4.44. The highest BCUT2D eigenvalue weighted by Crippen LogP contribution is 2.36. The SMILES string of the molecule is C=CCOc1c(Br)cc(CNc2nnnn2CCC)cc1OC. The van der Waals surface area contributed by atoms with E-state index in [0.717, 1.165) is 23.0 Å². The molecule has 0 aliphatic rings. The molecule has 124 valence electrons. The number of methoxy groups -OCH3 is 1. The minimum Gasteiger partial charge on any atom is -0.493 e. The Morgan fingerprint density at radius 1 is 1.43 bits per heavy atom. The second kappa shape index (κ2) is 8.52. The summed E-state index contributed by atoms with van der Waals surface area (Å²) in [6.07, 6.45) is 2.66. The average molecular weight is 382 g/mol. The van der Waals surface area contributed by atoms with Crippen LogP contribution in [0.5, 0.6) is 11.5 Å². The van der Waals surface area contributed by atoms with Crippen molar-refractivity contribution >= 4 is 21.9 Å². The predicted molar refractivity (Wildman–Crippen MR) is 91.8 cm³/mol. The van der Waals surface area contributed by atoms with E-state index in [1.54, 1.807) is 17.9 Å². The van der Waals surface area contributed by atoms with Gasteiger partial charge in [-0.05, 0) is 50.5 Å². The van der Waals surface area contributed by atoms with Gasteiger partial charge < -0.3 is 14.8 Å². The molecule has 8 heteroatoms. The Balaban J connectivity index is 2.12. The zero-order valence-corrected chi connectivity index (χ0v) is 14.8. The summed E-state index contributed by atoms with van der Waals surface area (Å²) in [6, 6.07) is 3.89. The van der Waals surface area contributed by atoms with Gasteiger partial charge in [0.15, 0.2) is 11.5 Å². The van der Waals surface area contributed by atoms with E-state index >= 15 is 0 Å². The van der Waals surface area contributed by atoms with Gasteiger partial charge in [-0.15, -0.1) is 0 Å². The molecule has 2 rings (SSSR count). The number of rotatable bonds is 9. The average Bonchev–Trinajstić information content (AvgIpc) is 2.99. The molecule has 1 aromatic heterocycles. The molecule has 1 heterocycles. The molecule has 0 aliphatic carbocycles. The predicted octanol–water partition coefficient (Wildman–Crippen LogP) is 3.03. The Hall–Kier alpha value is -2.09. The second-order valence-electron chi connectivity index (χ2n) is 4.79. The van der Waals surface area contributed by atoms with Crippen LogP contribution >= 0.6 is 15.9 Å². The smallest absolute Gasteiger partial charge is 0.243 e. The summed E-state index contributed by atoms with van der Waals surface area (Å²) >= 11 is 3.51. The zero-order valence-electron chi connectivity index (χ0n) is 13.3. The monoisotopic (exact) mass is 381 g/mol. The molecular formula is C15H20BrN5O2. The highest BCUT2D eigenvalue weighted by molar-refractivity contribution is 9.10. The first-order valence-electron chi connectivity index (χ1n) is 7.29. The molecule has 0 aliphatic heterocycles. The number of anilines is 1. The lowest BCUT2D eigenvalue weighted by atomic mass is 10.2. The fourth-order valence-electron chi connectivity index (χ4n) is 2.03. The van der Waals surface area contributed by atoms with Crippen LogP contribution in [-0.2, 0) is 13.1 Å². The number of hydrogen-bond donors (Lipinski definition) is 1. The van der Waals surface area contributed by atoms with E-state index < -0.39 is 0 Å². The maximum atomic E-state index is 5.62. The van der Waals surface area contributed by atoms with Crippen LogP contribution in [0.25, 0.3) is 0 Å². The van der Waals surface area contributed by atoms with Crippen LogP contribution in [0.4, 0.5) is 5.95 Å². The molecule has 2 aromatic rings. The lowest BCUT2D eigenvalue weighted by molar-refractivity contribution is 0.324. The number of tetrazole rings is 1. The van der Waals surface area contributed by atoms with Crippen molar-refractivity contribution in [3.05, 3.63) is 34.8 Å². The van der Waals surface area contributed by atoms with E-state index in [0.29, 0.717) is 30.6 Å². The van der Waals surface area contributed by atoms with Crippen molar-refractivity contribution in [2.24, 2.45) is 0 Å². The highest BCUT2D eigenvalue weighted by atomic mass is 79.9. The summed E-state index contributed by atoms with van der Waals surface area (Å²) in [7, 11) is 1.61. The van der Waals surface area contributed by atoms with Crippen molar-refractivity contribution in [3.8, 4) is 11.5 Å². The van der Waals surface area contributed by atoms with Crippen LogP contribution in [0.1, 0.15) is 18.9 Å². The van der Waals surface area contributed by atoms with Gasteiger partial charge in [0.1, 0.15) is 6.61 Å². The minimum absolute atomic E-state index is 0.415. The van der Waals surface area contributed by atoms with Crippen LogP contribution < -0.4 is 14.8 Å². The van der Waals surface area contributed by atoms with E-state index in [1.807, 2.05) is 12.1 Å². The molecule has 0 saturated carbocycles. The normalized spacial score (nSPS) is 10.4. The first-order valence-corrected chi connectivity index (χ1v) is 8.09. The standard InChI is InChI=1S/C15H20BrN5O2/c1-4-6-21-15(18-19-20-21)17-10-11-8-12(16)14(23-7-5-2)13(9-11)22-3/h5,8-9H,2,4,6-7,10H2,1,3H3,(H,17,18,20). The van der Waals surface area contributed by atoms with Gasteiger partial charge >= 0.3 is 0 Å². The number of ether oxygens (including phenoxy) is 2. The van der Waals surface area contributed by atoms with E-state index in [1.165, 1.54) is 0 Å².